The smallest absolute Gasteiger partial charge is 0.293 e. The summed E-state index contributed by atoms with van der Waals surface area (Å²) in [5, 5.41) is 11.4. The molecule has 0 radical (unpaired) electrons. The number of nitrogens with one attached hydrogen (secondary N) is 1. The maximum Gasteiger partial charge on any atom is 0.293 e. The second kappa shape index (κ2) is 8.32. The number of thiazole rings is 1. The zero-order valence-electron chi connectivity index (χ0n) is 17.6. The summed E-state index contributed by atoms with van der Waals surface area (Å²) >= 11 is 1.70. The Hall–Kier alpha value is -3.51. The molecule has 6 heteroatoms. The van der Waals surface area contributed by atoms with Crippen LogP contribution >= 0.6 is 11.3 Å². The normalized spacial score (nSPS) is 14.2. The fourth-order valence-electron chi connectivity index (χ4n) is 3.74. The number of nitrogens with zero attached hydrogens (tertiary/aromatic N) is 4. The number of hydrogen-bond acceptors (Lipinski definition) is 4. The predicted molar refractivity (Wildman–Crippen MR) is 127 cm³/mol. The van der Waals surface area contributed by atoms with E-state index in [0.29, 0.717) is 0 Å². The number of hydrogen-bond donors (Lipinski definition) is 1. The Morgan fingerprint density at radius 1 is 1.06 bits per heavy atom. The molecule has 154 valence electrons. The van der Waals surface area contributed by atoms with E-state index in [-0.39, 0.29) is 6.04 Å². The van der Waals surface area contributed by atoms with Crippen molar-refractivity contribution in [2.24, 2.45) is 4.99 Å². The molecular weight excluding hydrogens is 402 g/mol. The lowest BCUT2D eigenvalue weighted by Crippen LogP contribution is -2.30. The van der Waals surface area contributed by atoms with Gasteiger partial charge in [0.2, 0.25) is 5.70 Å². The molecule has 0 amide bonds. The maximum absolute atomic E-state index is 5.05. The van der Waals surface area contributed by atoms with Crippen molar-refractivity contribution in [1.29, 1.82) is 0 Å². The van der Waals surface area contributed by atoms with Crippen LogP contribution in [0.5, 0.6) is 0 Å². The van der Waals surface area contributed by atoms with Crippen LogP contribution in [-0.4, -0.2) is 15.5 Å². The Bertz CT molecular complexity index is 1250. The molecule has 0 aliphatic carbocycles. The second-order valence-corrected chi connectivity index (χ2v) is 8.62. The molecule has 0 unspecified atom stereocenters. The van der Waals surface area contributed by atoms with Crippen LogP contribution in [0.4, 0.5) is 11.5 Å². The van der Waals surface area contributed by atoms with Gasteiger partial charge < -0.3 is 5.32 Å². The topological polar surface area (TPSA) is 46.1 Å². The summed E-state index contributed by atoms with van der Waals surface area (Å²) in [5.41, 5.74) is 5.36. The number of allylic oxidation sites excluding steroid dienone is 1. The third kappa shape index (κ3) is 3.82. The first-order chi connectivity index (χ1) is 15.2. The van der Waals surface area contributed by atoms with Crippen LogP contribution in [-0.2, 0) is 6.54 Å². The highest BCUT2D eigenvalue weighted by atomic mass is 32.1. The van der Waals surface area contributed by atoms with Crippen molar-refractivity contribution in [3.05, 3.63) is 101 Å². The molecular formula is C25H24N5S+. The summed E-state index contributed by atoms with van der Waals surface area (Å²) < 4.78 is 4.21. The molecule has 1 N–H and O–H groups in total. The number of fused-ring (bicyclic) bond motifs is 1. The van der Waals surface area contributed by atoms with Crippen molar-refractivity contribution in [2.45, 2.75) is 26.4 Å². The van der Waals surface area contributed by atoms with E-state index in [9.17, 15) is 0 Å². The summed E-state index contributed by atoms with van der Waals surface area (Å²) in [5.74, 6) is 0.941. The molecule has 5 rings (SSSR count). The molecule has 0 saturated heterocycles. The minimum atomic E-state index is 0.234. The number of aliphatic imine (C=N–C) groups is 1. The highest BCUT2D eigenvalue weighted by Crippen LogP contribution is 2.31. The van der Waals surface area contributed by atoms with E-state index in [4.69, 9.17) is 4.99 Å². The molecule has 0 bridgehead atoms. The summed E-state index contributed by atoms with van der Waals surface area (Å²) in [7, 11) is 0. The van der Waals surface area contributed by atoms with Gasteiger partial charge >= 0.3 is 0 Å². The van der Waals surface area contributed by atoms with Gasteiger partial charge in [-0.15, -0.1) is 4.57 Å². The van der Waals surface area contributed by atoms with Crippen LogP contribution in [0.2, 0.25) is 0 Å². The molecule has 3 heterocycles. The van der Waals surface area contributed by atoms with Crippen LogP contribution in [0.25, 0.3) is 5.70 Å². The SMILES string of the molecule is CC(C)n1ncc(/N=C2\C=C(c3ccccc3)[n+]3ccsc32)c1NCc1ccccc1. The van der Waals surface area contributed by atoms with Gasteiger partial charge in [0.25, 0.3) is 5.01 Å². The standard InChI is InChI=1S/C25H23N5S/c1-18(2)30-24(26-16-19-9-5-3-6-10-19)22(17-27-30)28-21-15-23(20-11-7-4-8-12-20)29-13-14-31-25(21)29/h3-15,17-18H,16H2,1-2H3/p+1. The van der Waals surface area contributed by atoms with Gasteiger partial charge in [-0.3, -0.25) is 0 Å². The van der Waals surface area contributed by atoms with Crippen LogP contribution in [0.1, 0.15) is 36.0 Å². The largest absolute Gasteiger partial charge is 0.364 e. The molecule has 0 saturated carbocycles. The van der Waals surface area contributed by atoms with Crippen molar-refractivity contribution in [2.75, 3.05) is 5.32 Å². The third-order valence-corrected chi connectivity index (χ3v) is 6.13. The molecule has 2 aromatic heterocycles. The van der Waals surface area contributed by atoms with Gasteiger partial charge in [-0.2, -0.15) is 5.10 Å². The fourth-order valence-corrected chi connectivity index (χ4v) is 4.54. The lowest BCUT2D eigenvalue weighted by molar-refractivity contribution is -0.571. The minimum Gasteiger partial charge on any atom is -0.364 e. The highest BCUT2D eigenvalue weighted by molar-refractivity contribution is 7.11. The molecule has 4 aromatic rings. The Morgan fingerprint density at radius 3 is 2.55 bits per heavy atom. The Balaban J connectivity index is 1.53. The van der Waals surface area contributed by atoms with Gasteiger partial charge in [-0.05, 0) is 31.5 Å². The van der Waals surface area contributed by atoms with Gasteiger partial charge in [-0.25, -0.2) is 9.67 Å². The van der Waals surface area contributed by atoms with Crippen LogP contribution in [0.3, 0.4) is 0 Å². The van der Waals surface area contributed by atoms with Crippen molar-refractivity contribution < 1.29 is 4.57 Å². The van der Waals surface area contributed by atoms with E-state index >= 15 is 0 Å². The van der Waals surface area contributed by atoms with E-state index in [1.165, 1.54) is 11.1 Å². The van der Waals surface area contributed by atoms with Crippen LogP contribution < -0.4 is 9.88 Å². The quantitative estimate of drug-likeness (QED) is 0.417. The zero-order valence-corrected chi connectivity index (χ0v) is 18.4. The molecule has 1 aliphatic rings. The van der Waals surface area contributed by atoms with Gasteiger partial charge in [0.05, 0.1) is 11.6 Å². The van der Waals surface area contributed by atoms with Crippen molar-refractivity contribution in [3.8, 4) is 0 Å². The average Bonchev–Trinajstić information content (AvgIpc) is 3.50. The average molecular weight is 427 g/mol. The summed E-state index contributed by atoms with van der Waals surface area (Å²) in [6.07, 6.45) is 6.12. The molecule has 0 atom stereocenters. The van der Waals surface area contributed by atoms with Crippen molar-refractivity contribution in [1.82, 2.24) is 9.78 Å². The number of rotatable bonds is 6. The van der Waals surface area contributed by atoms with Crippen molar-refractivity contribution in [3.63, 3.8) is 0 Å². The minimum absolute atomic E-state index is 0.234. The van der Waals surface area contributed by atoms with E-state index in [0.717, 1.165) is 34.5 Å². The lowest BCUT2D eigenvalue weighted by atomic mass is 10.1. The maximum atomic E-state index is 5.05. The van der Waals surface area contributed by atoms with Gasteiger partial charge in [0, 0.05) is 24.2 Å². The van der Waals surface area contributed by atoms with E-state index in [1.54, 1.807) is 11.3 Å². The zero-order chi connectivity index (χ0) is 21.2. The predicted octanol–water partition coefficient (Wildman–Crippen LogP) is 5.45. The Morgan fingerprint density at radius 2 is 1.81 bits per heavy atom. The number of benzene rings is 2. The lowest BCUT2D eigenvalue weighted by Gasteiger charge is -2.13. The number of anilines is 1. The first kappa shape index (κ1) is 19.5. The molecule has 1 aliphatic heterocycles. The first-order valence-corrected chi connectivity index (χ1v) is 11.3. The van der Waals surface area contributed by atoms with E-state index in [2.05, 4.69) is 95.0 Å². The van der Waals surface area contributed by atoms with Crippen LogP contribution in [0, 0.1) is 0 Å². The Labute approximate surface area is 186 Å². The summed E-state index contributed by atoms with van der Waals surface area (Å²) in [6.45, 7) is 4.99. The summed E-state index contributed by atoms with van der Waals surface area (Å²) in [4.78, 5) is 5.05. The Kier molecular flexibility index (Phi) is 5.22. The molecule has 31 heavy (non-hydrogen) atoms. The molecule has 0 fully saturated rings. The highest BCUT2D eigenvalue weighted by Gasteiger charge is 2.31. The van der Waals surface area contributed by atoms with Gasteiger partial charge in [0.15, 0.2) is 17.7 Å². The second-order valence-electron chi connectivity index (χ2n) is 7.73. The third-order valence-electron chi connectivity index (χ3n) is 5.24. The molecule has 5 nitrogen and oxygen atoms in total. The van der Waals surface area contributed by atoms with E-state index < -0.39 is 0 Å². The molecule has 2 aromatic carbocycles. The van der Waals surface area contributed by atoms with E-state index in [1.807, 2.05) is 23.0 Å². The summed E-state index contributed by atoms with van der Waals surface area (Å²) in [6, 6.07) is 21.1. The van der Waals surface area contributed by atoms with Crippen LogP contribution in [0.15, 0.2) is 89.5 Å². The van der Waals surface area contributed by atoms with Gasteiger partial charge in [0.1, 0.15) is 5.69 Å². The number of aromatic nitrogens is 3. The van der Waals surface area contributed by atoms with Crippen molar-refractivity contribution >= 4 is 34.3 Å². The van der Waals surface area contributed by atoms with Gasteiger partial charge in [-0.1, -0.05) is 59.9 Å². The fraction of sp³-hybridized carbons (Fsp3) is 0.160. The monoisotopic (exact) mass is 426 g/mol. The molecule has 0 spiro atoms. The first-order valence-electron chi connectivity index (χ1n) is 10.4.